The Kier molecular flexibility index (Phi) is 9.19. The minimum Gasteiger partial charge on any atom is -0.493 e. The van der Waals surface area contributed by atoms with Gasteiger partial charge < -0.3 is 18.9 Å². The van der Waals surface area contributed by atoms with E-state index in [4.69, 9.17) is 18.9 Å². The Morgan fingerprint density at radius 1 is 0.974 bits per heavy atom. The van der Waals surface area contributed by atoms with Crippen molar-refractivity contribution in [2.45, 2.75) is 45.1 Å². The summed E-state index contributed by atoms with van der Waals surface area (Å²) in [5.41, 5.74) is 2.48. The van der Waals surface area contributed by atoms with Crippen molar-refractivity contribution in [2.75, 3.05) is 20.3 Å². The minimum atomic E-state index is -0.455. The Morgan fingerprint density at radius 3 is 2.50 bits per heavy atom. The summed E-state index contributed by atoms with van der Waals surface area (Å²) in [6.07, 6.45) is 2.88. The lowest BCUT2D eigenvalue weighted by molar-refractivity contribution is -0.386. The Bertz CT molecular complexity index is 1240. The highest BCUT2D eigenvalue weighted by atomic mass is 16.6. The SMILES string of the molecule is CCCCOc1cc([C@H]2COC(=O)C(Cc3ccc(OCc4ccccc4)c([N+](=O)[O-])c3)C2)ccc1OC. The van der Waals surface area contributed by atoms with Crippen LogP contribution in [0.1, 0.15) is 48.8 Å². The molecule has 0 bridgehead atoms. The number of nitro benzene ring substituents is 1. The first-order valence-electron chi connectivity index (χ1n) is 12.9. The van der Waals surface area contributed by atoms with Crippen LogP contribution in [0.3, 0.4) is 0 Å². The largest absolute Gasteiger partial charge is 0.493 e. The number of unbranched alkanes of at least 4 members (excludes halogenated alkanes) is 1. The van der Waals surface area contributed by atoms with Crippen LogP contribution in [0.5, 0.6) is 17.2 Å². The maximum atomic E-state index is 12.6. The van der Waals surface area contributed by atoms with Gasteiger partial charge in [-0.1, -0.05) is 55.8 Å². The number of carbonyl (C=O) groups excluding carboxylic acids is 1. The number of nitro groups is 1. The van der Waals surface area contributed by atoms with E-state index >= 15 is 0 Å². The molecule has 3 aromatic carbocycles. The molecule has 4 rings (SSSR count). The van der Waals surface area contributed by atoms with E-state index in [-0.39, 0.29) is 36.5 Å². The van der Waals surface area contributed by atoms with E-state index in [0.717, 1.165) is 24.0 Å². The maximum Gasteiger partial charge on any atom is 0.311 e. The van der Waals surface area contributed by atoms with Gasteiger partial charge in [0.25, 0.3) is 0 Å². The third-order valence-electron chi connectivity index (χ3n) is 6.68. The zero-order chi connectivity index (χ0) is 26.9. The number of hydrogen-bond acceptors (Lipinski definition) is 7. The molecule has 0 radical (unpaired) electrons. The van der Waals surface area contributed by atoms with E-state index in [0.29, 0.717) is 36.5 Å². The molecule has 38 heavy (non-hydrogen) atoms. The van der Waals surface area contributed by atoms with Crippen LogP contribution < -0.4 is 14.2 Å². The van der Waals surface area contributed by atoms with E-state index in [1.54, 1.807) is 19.2 Å². The highest BCUT2D eigenvalue weighted by molar-refractivity contribution is 5.74. The lowest BCUT2D eigenvalue weighted by Crippen LogP contribution is -2.31. The molecule has 1 heterocycles. The smallest absolute Gasteiger partial charge is 0.311 e. The molecule has 0 aliphatic carbocycles. The van der Waals surface area contributed by atoms with Crippen LogP contribution >= 0.6 is 0 Å². The number of cyclic esters (lactones) is 1. The molecule has 0 aromatic heterocycles. The molecular formula is C30H33NO7. The monoisotopic (exact) mass is 519 g/mol. The second-order valence-corrected chi connectivity index (χ2v) is 9.41. The third-order valence-corrected chi connectivity index (χ3v) is 6.68. The van der Waals surface area contributed by atoms with Crippen molar-refractivity contribution in [1.82, 2.24) is 0 Å². The first kappa shape index (κ1) is 27.0. The van der Waals surface area contributed by atoms with Gasteiger partial charge in [-0.25, -0.2) is 0 Å². The second-order valence-electron chi connectivity index (χ2n) is 9.41. The summed E-state index contributed by atoms with van der Waals surface area (Å²) < 4.78 is 22.7. The van der Waals surface area contributed by atoms with Gasteiger partial charge in [-0.2, -0.15) is 0 Å². The van der Waals surface area contributed by atoms with E-state index in [9.17, 15) is 14.9 Å². The van der Waals surface area contributed by atoms with Crippen molar-refractivity contribution in [3.8, 4) is 17.2 Å². The van der Waals surface area contributed by atoms with Gasteiger partial charge in [-0.15, -0.1) is 0 Å². The Hall–Kier alpha value is -4.07. The Labute approximate surface area is 222 Å². The summed E-state index contributed by atoms with van der Waals surface area (Å²) in [5.74, 6) is 0.808. The highest BCUT2D eigenvalue weighted by Gasteiger charge is 2.32. The maximum absolute atomic E-state index is 12.6. The highest BCUT2D eigenvalue weighted by Crippen LogP contribution is 2.37. The average Bonchev–Trinajstić information content (AvgIpc) is 2.94. The molecule has 0 amide bonds. The van der Waals surface area contributed by atoms with Crippen molar-refractivity contribution in [3.05, 3.63) is 93.5 Å². The number of benzene rings is 3. The molecule has 2 atom stereocenters. The van der Waals surface area contributed by atoms with Gasteiger partial charge in [-0.3, -0.25) is 14.9 Å². The summed E-state index contributed by atoms with van der Waals surface area (Å²) in [6.45, 7) is 3.21. The molecule has 0 saturated carbocycles. The number of nitrogens with zero attached hydrogens (tertiary/aromatic N) is 1. The van der Waals surface area contributed by atoms with Gasteiger partial charge >= 0.3 is 11.7 Å². The van der Waals surface area contributed by atoms with Gasteiger partial charge in [0.2, 0.25) is 0 Å². The summed E-state index contributed by atoms with van der Waals surface area (Å²) >= 11 is 0. The van der Waals surface area contributed by atoms with Crippen molar-refractivity contribution in [3.63, 3.8) is 0 Å². The average molecular weight is 520 g/mol. The topological polar surface area (TPSA) is 97.1 Å². The number of esters is 1. The molecular weight excluding hydrogens is 486 g/mol. The molecule has 0 N–H and O–H groups in total. The number of carbonyl (C=O) groups is 1. The van der Waals surface area contributed by atoms with E-state index in [1.807, 2.05) is 48.5 Å². The molecule has 8 nitrogen and oxygen atoms in total. The van der Waals surface area contributed by atoms with E-state index in [2.05, 4.69) is 6.92 Å². The van der Waals surface area contributed by atoms with E-state index in [1.165, 1.54) is 6.07 Å². The molecule has 1 saturated heterocycles. The van der Waals surface area contributed by atoms with Crippen LogP contribution in [0.2, 0.25) is 0 Å². The fourth-order valence-corrected chi connectivity index (χ4v) is 4.57. The molecule has 1 aliphatic rings. The zero-order valence-electron chi connectivity index (χ0n) is 21.8. The third kappa shape index (κ3) is 6.82. The zero-order valence-corrected chi connectivity index (χ0v) is 21.8. The lowest BCUT2D eigenvalue weighted by Gasteiger charge is -2.29. The van der Waals surface area contributed by atoms with Crippen LogP contribution in [-0.4, -0.2) is 31.2 Å². The number of methoxy groups -OCH3 is 1. The molecule has 1 fully saturated rings. The van der Waals surface area contributed by atoms with Crippen LogP contribution in [0.25, 0.3) is 0 Å². The molecule has 1 aliphatic heterocycles. The predicted molar refractivity (Wildman–Crippen MR) is 143 cm³/mol. The van der Waals surface area contributed by atoms with Crippen molar-refractivity contribution < 1.29 is 28.7 Å². The van der Waals surface area contributed by atoms with Crippen molar-refractivity contribution in [1.29, 1.82) is 0 Å². The van der Waals surface area contributed by atoms with Gasteiger partial charge in [0.1, 0.15) is 6.61 Å². The van der Waals surface area contributed by atoms with Crippen molar-refractivity contribution in [2.24, 2.45) is 5.92 Å². The quantitative estimate of drug-likeness (QED) is 0.121. The van der Waals surface area contributed by atoms with Gasteiger partial charge in [-0.05, 0) is 54.2 Å². The first-order valence-corrected chi connectivity index (χ1v) is 12.9. The molecule has 3 aromatic rings. The van der Waals surface area contributed by atoms with Crippen molar-refractivity contribution >= 4 is 11.7 Å². The van der Waals surface area contributed by atoms with Crippen LogP contribution in [0, 0.1) is 16.0 Å². The molecule has 8 heteroatoms. The lowest BCUT2D eigenvalue weighted by atomic mass is 9.84. The van der Waals surface area contributed by atoms with Crippen LogP contribution in [-0.2, 0) is 22.6 Å². The van der Waals surface area contributed by atoms with Crippen LogP contribution in [0.15, 0.2) is 66.7 Å². The summed E-state index contributed by atoms with van der Waals surface area (Å²) in [7, 11) is 1.61. The van der Waals surface area contributed by atoms with Gasteiger partial charge in [0, 0.05) is 12.0 Å². The standard InChI is InChI=1S/C30H33NO7/c1-3-4-14-36-29-18-23(11-13-28(29)35-2)25-17-24(30(32)38-20-25)15-22-10-12-27(26(16-22)31(33)34)37-19-21-8-6-5-7-9-21/h5-13,16,18,24-25H,3-4,14-15,17,19-20H2,1-2H3/t24?,25-/m1/s1. The Morgan fingerprint density at radius 2 is 1.76 bits per heavy atom. The molecule has 1 unspecified atom stereocenters. The molecule has 0 spiro atoms. The summed E-state index contributed by atoms with van der Waals surface area (Å²) in [5, 5.41) is 11.8. The minimum absolute atomic E-state index is 0.0133. The number of rotatable bonds is 12. The number of hydrogen-bond donors (Lipinski definition) is 0. The fourth-order valence-electron chi connectivity index (χ4n) is 4.57. The number of ether oxygens (including phenoxy) is 4. The fraction of sp³-hybridized carbons (Fsp3) is 0.367. The normalized spacial score (nSPS) is 16.9. The Balaban J connectivity index is 1.47. The van der Waals surface area contributed by atoms with Gasteiger partial charge in [0.05, 0.1) is 31.2 Å². The van der Waals surface area contributed by atoms with E-state index < -0.39 is 10.8 Å². The first-order chi connectivity index (χ1) is 18.5. The summed E-state index contributed by atoms with van der Waals surface area (Å²) in [4.78, 5) is 24.0. The molecule has 200 valence electrons. The van der Waals surface area contributed by atoms with Gasteiger partial charge in [0.15, 0.2) is 17.2 Å². The van der Waals surface area contributed by atoms with Crippen LogP contribution in [0.4, 0.5) is 5.69 Å². The second kappa shape index (κ2) is 12.9. The summed E-state index contributed by atoms with van der Waals surface area (Å²) in [6, 6.07) is 20.1. The predicted octanol–water partition coefficient (Wildman–Crippen LogP) is 6.25.